The number of nitrogens with zero attached hydrogens (tertiary/aromatic N) is 1. The van der Waals surface area contributed by atoms with Gasteiger partial charge in [-0.2, -0.15) is 0 Å². The second-order valence-electron chi connectivity index (χ2n) is 4.16. The first kappa shape index (κ1) is 12.6. The van der Waals surface area contributed by atoms with Gasteiger partial charge < -0.3 is 11.1 Å². The van der Waals surface area contributed by atoms with E-state index < -0.39 is 0 Å². The van der Waals surface area contributed by atoms with Crippen molar-refractivity contribution in [3.63, 3.8) is 0 Å². The van der Waals surface area contributed by atoms with Crippen LogP contribution in [0.5, 0.6) is 0 Å². The molecule has 0 aliphatic heterocycles. The lowest BCUT2D eigenvalue weighted by Gasteiger charge is -2.19. The lowest BCUT2D eigenvalue weighted by molar-refractivity contribution is -0.125. The molecule has 0 aliphatic rings. The molecule has 1 amide bonds. The lowest BCUT2D eigenvalue weighted by atomic mass is 10.0. The molecule has 1 rings (SSSR count). The molecule has 3 atom stereocenters. The first-order valence-corrected chi connectivity index (χ1v) is 5.48. The number of carbonyl (C=O) groups is 1. The number of hydrogen-bond acceptors (Lipinski definition) is 3. The Morgan fingerprint density at radius 1 is 1.44 bits per heavy atom. The summed E-state index contributed by atoms with van der Waals surface area (Å²) in [7, 11) is 0. The van der Waals surface area contributed by atoms with Crippen LogP contribution >= 0.6 is 0 Å². The van der Waals surface area contributed by atoms with Gasteiger partial charge in [0, 0.05) is 24.4 Å². The predicted molar refractivity (Wildman–Crippen MR) is 63.6 cm³/mol. The average Bonchev–Trinajstić information content (AvgIpc) is 2.28. The smallest absolute Gasteiger partial charge is 0.224 e. The van der Waals surface area contributed by atoms with Crippen molar-refractivity contribution in [2.75, 3.05) is 0 Å². The van der Waals surface area contributed by atoms with Crippen molar-refractivity contribution < 1.29 is 4.79 Å². The Balaban J connectivity index is 2.58. The number of hydrogen-bond donors (Lipinski definition) is 2. The number of carbonyl (C=O) groups excluding carboxylic acids is 1. The van der Waals surface area contributed by atoms with E-state index >= 15 is 0 Å². The normalized spacial score (nSPS) is 16.2. The maximum atomic E-state index is 11.8. The van der Waals surface area contributed by atoms with Gasteiger partial charge in [0.2, 0.25) is 5.91 Å². The molecule has 0 radical (unpaired) electrons. The minimum absolute atomic E-state index is 0.0219. The average molecular weight is 221 g/mol. The summed E-state index contributed by atoms with van der Waals surface area (Å²) in [6.07, 6.45) is 3.46. The van der Waals surface area contributed by atoms with Crippen LogP contribution in [-0.2, 0) is 4.79 Å². The van der Waals surface area contributed by atoms with Crippen LogP contribution < -0.4 is 11.1 Å². The van der Waals surface area contributed by atoms with Gasteiger partial charge in [-0.05, 0) is 25.5 Å². The fourth-order valence-corrected chi connectivity index (χ4v) is 1.30. The van der Waals surface area contributed by atoms with Crippen molar-refractivity contribution in [1.29, 1.82) is 0 Å². The molecule has 0 saturated carbocycles. The molecular weight excluding hydrogens is 202 g/mol. The van der Waals surface area contributed by atoms with Gasteiger partial charge in [-0.1, -0.05) is 13.0 Å². The molecule has 1 heterocycles. The van der Waals surface area contributed by atoms with Crippen LogP contribution in [0.15, 0.2) is 24.5 Å². The van der Waals surface area contributed by atoms with E-state index in [1.807, 2.05) is 32.9 Å². The van der Waals surface area contributed by atoms with Gasteiger partial charge in [0.25, 0.3) is 0 Å². The number of nitrogens with two attached hydrogens (primary N) is 1. The van der Waals surface area contributed by atoms with E-state index in [9.17, 15) is 4.79 Å². The van der Waals surface area contributed by atoms with Crippen molar-refractivity contribution in [2.45, 2.75) is 32.9 Å². The maximum Gasteiger partial charge on any atom is 0.224 e. The van der Waals surface area contributed by atoms with Crippen molar-refractivity contribution >= 4 is 5.91 Å². The molecule has 1 aromatic rings. The molecule has 0 saturated heterocycles. The Morgan fingerprint density at radius 3 is 2.62 bits per heavy atom. The largest absolute Gasteiger partial charge is 0.349 e. The van der Waals surface area contributed by atoms with E-state index in [1.54, 1.807) is 12.4 Å². The molecule has 88 valence electrons. The Labute approximate surface area is 96.3 Å². The number of rotatable bonds is 4. The molecule has 0 fully saturated rings. The zero-order valence-electron chi connectivity index (χ0n) is 9.97. The van der Waals surface area contributed by atoms with Crippen LogP contribution in [0.3, 0.4) is 0 Å². The number of amides is 1. The van der Waals surface area contributed by atoms with Gasteiger partial charge in [0.15, 0.2) is 0 Å². The van der Waals surface area contributed by atoms with Gasteiger partial charge in [0.1, 0.15) is 0 Å². The first-order chi connectivity index (χ1) is 7.52. The summed E-state index contributed by atoms with van der Waals surface area (Å²) in [5, 5.41) is 2.92. The van der Waals surface area contributed by atoms with Crippen LogP contribution in [-0.4, -0.2) is 16.9 Å². The fraction of sp³-hybridized carbons (Fsp3) is 0.500. The fourth-order valence-electron chi connectivity index (χ4n) is 1.30. The molecule has 16 heavy (non-hydrogen) atoms. The molecule has 1 aromatic heterocycles. The zero-order chi connectivity index (χ0) is 12.1. The predicted octanol–water partition coefficient (Wildman–Crippen LogP) is 1.24. The first-order valence-electron chi connectivity index (χ1n) is 5.48. The number of pyridine rings is 1. The van der Waals surface area contributed by atoms with Crippen LogP contribution in [0.1, 0.15) is 32.4 Å². The van der Waals surface area contributed by atoms with Crippen LogP contribution in [0.4, 0.5) is 0 Å². The summed E-state index contributed by atoms with van der Waals surface area (Å²) in [4.78, 5) is 15.8. The number of nitrogens with one attached hydrogen (secondary N) is 1. The van der Waals surface area contributed by atoms with E-state index in [0.29, 0.717) is 0 Å². The summed E-state index contributed by atoms with van der Waals surface area (Å²) in [6, 6.07) is 3.62. The van der Waals surface area contributed by atoms with E-state index in [4.69, 9.17) is 5.73 Å². The monoisotopic (exact) mass is 221 g/mol. The summed E-state index contributed by atoms with van der Waals surface area (Å²) < 4.78 is 0. The summed E-state index contributed by atoms with van der Waals surface area (Å²) >= 11 is 0. The van der Waals surface area contributed by atoms with Gasteiger partial charge in [-0.25, -0.2) is 0 Å². The molecule has 0 bridgehead atoms. The Kier molecular flexibility index (Phi) is 4.43. The molecule has 4 nitrogen and oxygen atoms in total. The Bertz CT molecular complexity index is 337. The summed E-state index contributed by atoms with van der Waals surface area (Å²) in [5.41, 5.74) is 6.67. The highest BCUT2D eigenvalue weighted by molar-refractivity contribution is 5.79. The van der Waals surface area contributed by atoms with E-state index in [1.165, 1.54) is 0 Å². The highest BCUT2D eigenvalue weighted by Crippen LogP contribution is 2.11. The second kappa shape index (κ2) is 5.61. The molecule has 3 N–H and O–H groups in total. The number of aromatic nitrogens is 1. The van der Waals surface area contributed by atoms with Gasteiger partial charge in [-0.15, -0.1) is 0 Å². The minimum Gasteiger partial charge on any atom is -0.349 e. The van der Waals surface area contributed by atoms with Crippen molar-refractivity contribution in [1.82, 2.24) is 10.3 Å². The summed E-state index contributed by atoms with van der Waals surface area (Å²) in [6.45, 7) is 5.60. The van der Waals surface area contributed by atoms with Crippen LogP contribution in [0.25, 0.3) is 0 Å². The SMILES string of the molecule is CC(N)C(C)C(=O)N[C@@H](C)c1cccnc1. The third-order valence-corrected chi connectivity index (χ3v) is 2.75. The highest BCUT2D eigenvalue weighted by Gasteiger charge is 2.19. The molecule has 4 heteroatoms. The zero-order valence-corrected chi connectivity index (χ0v) is 9.97. The summed E-state index contributed by atoms with van der Waals surface area (Å²) in [5.74, 6) is -0.203. The molecule has 0 aliphatic carbocycles. The topological polar surface area (TPSA) is 68.0 Å². The van der Waals surface area contributed by atoms with Gasteiger partial charge in [0.05, 0.1) is 6.04 Å². The van der Waals surface area contributed by atoms with Gasteiger partial charge >= 0.3 is 0 Å². The van der Waals surface area contributed by atoms with Crippen LogP contribution in [0, 0.1) is 5.92 Å². The lowest BCUT2D eigenvalue weighted by Crippen LogP contribution is -2.39. The molecule has 2 unspecified atom stereocenters. The third kappa shape index (κ3) is 3.31. The molecule has 0 spiro atoms. The third-order valence-electron chi connectivity index (χ3n) is 2.75. The highest BCUT2D eigenvalue weighted by atomic mass is 16.1. The van der Waals surface area contributed by atoms with E-state index in [-0.39, 0.29) is 23.9 Å². The molecule has 0 aromatic carbocycles. The Morgan fingerprint density at radius 2 is 2.12 bits per heavy atom. The maximum absolute atomic E-state index is 11.8. The van der Waals surface area contributed by atoms with E-state index in [0.717, 1.165) is 5.56 Å². The van der Waals surface area contributed by atoms with E-state index in [2.05, 4.69) is 10.3 Å². The quantitative estimate of drug-likeness (QED) is 0.803. The van der Waals surface area contributed by atoms with Crippen LogP contribution in [0.2, 0.25) is 0 Å². The molecular formula is C12H19N3O. The Hall–Kier alpha value is -1.42. The standard InChI is InChI=1S/C12H19N3O/c1-8(9(2)13)12(16)15-10(3)11-5-4-6-14-7-11/h4-10H,13H2,1-3H3,(H,15,16)/t8?,9?,10-/m0/s1. The van der Waals surface area contributed by atoms with Crippen molar-refractivity contribution in [3.05, 3.63) is 30.1 Å². The minimum atomic E-state index is -0.181. The van der Waals surface area contributed by atoms with Crippen molar-refractivity contribution in [2.24, 2.45) is 11.7 Å². The van der Waals surface area contributed by atoms with Crippen molar-refractivity contribution in [3.8, 4) is 0 Å². The van der Waals surface area contributed by atoms with Gasteiger partial charge in [-0.3, -0.25) is 9.78 Å². The second-order valence-corrected chi connectivity index (χ2v) is 4.16.